The van der Waals surface area contributed by atoms with Gasteiger partial charge >= 0.3 is 11.9 Å². The van der Waals surface area contributed by atoms with Crippen molar-refractivity contribution in [3.05, 3.63) is 0 Å². The molecule has 0 aromatic heterocycles. The molecular formula is C4H8O8S. The fourth-order valence-corrected chi connectivity index (χ4v) is 1.09. The molecule has 0 saturated carbocycles. The van der Waals surface area contributed by atoms with E-state index < -0.39 is 33.7 Å². The van der Waals surface area contributed by atoms with Crippen molar-refractivity contribution < 1.29 is 38.2 Å². The molecule has 0 saturated heterocycles. The van der Waals surface area contributed by atoms with Crippen molar-refractivity contribution in [1.29, 1.82) is 0 Å². The summed E-state index contributed by atoms with van der Waals surface area (Å²) in [7, 11) is -4.84. The van der Waals surface area contributed by atoms with Crippen LogP contribution < -0.4 is 0 Å². The number of hydrogen-bond donors (Lipinski definition) is 3. The maximum Gasteiger partial charge on any atom is 0.325 e. The van der Waals surface area contributed by atoms with Crippen LogP contribution >= 0.6 is 0 Å². The summed E-state index contributed by atoms with van der Waals surface area (Å²) in [6, 6.07) is 0. The van der Waals surface area contributed by atoms with Crippen molar-refractivity contribution in [2.45, 2.75) is 11.7 Å². The highest BCUT2D eigenvalue weighted by Crippen LogP contribution is 2.04. The van der Waals surface area contributed by atoms with E-state index in [1.807, 2.05) is 0 Å². The Morgan fingerprint density at radius 3 is 1.69 bits per heavy atom. The SMILES string of the molecule is O.O=C(O)CC(C(=O)O)S(=O)(=O)O. The van der Waals surface area contributed by atoms with Gasteiger partial charge in [0.2, 0.25) is 0 Å². The molecule has 9 heteroatoms. The van der Waals surface area contributed by atoms with Crippen LogP contribution in [0.25, 0.3) is 0 Å². The standard InChI is InChI=1S/C4H6O7S.H2O/c5-3(6)1-2(4(7)8)12(9,10)11;/h2H,1H2,(H,5,6)(H,7,8)(H,9,10,11);1H2. The van der Waals surface area contributed by atoms with Crippen LogP contribution in [0.1, 0.15) is 6.42 Å². The van der Waals surface area contributed by atoms with Gasteiger partial charge in [-0.05, 0) is 0 Å². The maximum atomic E-state index is 10.2. The van der Waals surface area contributed by atoms with Gasteiger partial charge in [0, 0.05) is 0 Å². The lowest BCUT2D eigenvalue weighted by molar-refractivity contribution is -0.143. The average molecular weight is 216 g/mol. The minimum absolute atomic E-state index is 0. The van der Waals surface area contributed by atoms with E-state index in [9.17, 15) is 18.0 Å². The first kappa shape index (κ1) is 14.3. The zero-order valence-corrected chi connectivity index (χ0v) is 6.98. The van der Waals surface area contributed by atoms with E-state index in [-0.39, 0.29) is 5.48 Å². The topological polar surface area (TPSA) is 160 Å². The summed E-state index contributed by atoms with van der Waals surface area (Å²) in [5.41, 5.74) is 0. The van der Waals surface area contributed by atoms with Crippen LogP contribution in [0.2, 0.25) is 0 Å². The van der Waals surface area contributed by atoms with Crippen LogP contribution in [0.15, 0.2) is 0 Å². The number of aliphatic carboxylic acids is 2. The van der Waals surface area contributed by atoms with Crippen molar-refractivity contribution in [3.8, 4) is 0 Å². The summed E-state index contributed by atoms with van der Waals surface area (Å²) >= 11 is 0. The van der Waals surface area contributed by atoms with Crippen LogP contribution in [0.4, 0.5) is 0 Å². The van der Waals surface area contributed by atoms with Gasteiger partial charge in [0.05, 0.1) is 6.42 Å². The Hall–Kier alpha value is -1.19. The van der Waals surface area contributed by atoms with Crippen molar-refractivity contribution in [1.82, 2.24) is 0 Å². The molecule has 8 nitrogen and oxygen atoms in total. The molecule has 13 heavy (non-hydrogen) atoms. The first-order chi connectivity index (χ1) is 5.25. The van der Waals surface area contributed by atoms with Crippen molar-refractivity contribution in [3.63, 3.8) is 0 Å². The van der Waals surface area contributed by atoms with E-state index in [1.54, 1.807) is 0 Å². The first-order valence-corrected chi connectivity index (χ1v) is 4.16. The summed E-state index contributed by atoms with van der Waals surface area (Å²) in [6.45, 7) is 0. The highest BCUT2D eigenvalue weighted by atomic mass is 32.2. The summed E-state index contributed by atoms with van der Waals surface area (Å²) in [5, 5.41) is 13.9. The average Bonchev–Trinajstić information content (AvgIpc) is 1.79. The van der Waals surface area contributed by atoms with Gasteiger partial charge in [-0.25, -0.2) is 0 Å². The predicted octanol–water partition coefficient (Wildman–Crippen LogP) is -2.02. The fraction of sp³-hybridized carbons (Fsp3) is 0.500. The lowest BCUT2D eigenvalue weighted by Crippen LogP contribution is -2.31. The Morgan fingerprint density at radius 2 is 1.62 bits per heavy atom. The Labute approximate surface area is 72.9 Å². The Balaban J connectivity index is 0. The first-order valence-electron chi connectivity index (χ1n) is 2.66. The minimum atomic E-state index is -4.84. The lowest BCUT2D eigenvalue weighted by atomic mass is 10.3. The number of carboxylic acids is 2. The third-order valence-corrected chi connectivity index (χ3v) is 2.08. The highest BCUT2D eigenvalue weighted by molar-refractivity contribution is 7.87. The molecule has 0 spiro atoms. The molecule has 0 aliphatic heterocycles. The Bertz CT molecular complexity index is 289. The summed E-state index contributed by atoms with van der Waals surface area (Å²) in [6.07, 6.45) is -1.16. The Morgan fingerprint density at radius 1 is 1.23 bits per heavy atom. The van der Waals surface area contributed by atoms with Crippen LogP contribution in [0.3, 0.4) is 0 Å². The molecule has 1 atom stereocenters. The molecule has 0 aromatic carbocycles. The molecule has 0 bridgehead atoms. The van der Waals surface area contributed by atoms with E-state index in [0.717, 1.165) is 0 Å². The number of rotatable bonds is 4. The van der Waals surface area contributed by atoms with Gasteiger partial charge in [0.1, 0.15) is 0 Å². The van der Waals surface area contributed by atoms with Crippen LogP contribution in [0.5, 0.6) is 0 Å². The van der Waals surface area contributed by atoms with E-state index in [4.69, 9.17) is 14.8 Å². The molecule has 1 unspecified atom stereocenters. The largest absolute Gasteiger partial charge is 0.481 e. The monoisotopic (exact) mass is 216 g/mol. The summed E-state index contributed by atoms with van der Waals surface area (Å²) in [4.78, 5) is 20.0. The van der Waals surface area contributed by atoms with E-state index >= 15 is 0 Å². The van der Waals surface area contributed by atoms with Gasteiger partial charge in [-0.3, -0.25) is 14.1 Å². The van der Waals surface area contributed by atoms with Crippen molar-refractivity contribution >= 4 is 22.1 Å². The second-order valence-corrected chi connectivity index (χ2v) is 3.54. The van der Waals surface area contributed by atoms with Gasteiger partial charge in [-0.2, -0.15) is 8.42 Å². The third kappa shape index (κ3) is 5.11. The molecular weight excluding hydrogens is 208 g/mol. The van der Waals surface area contributed by atoms with Gasteiger partial charge in [0.25, 0.3) is 10.1 Å². The van der Waals surface area contributed by atoms with Gasteiger partial charge in [-0.15, -0.1) is 0 Å². The number of hydrogen-bond acceptors (Lipinski definition) is 4. The van der Waals surface area contributed by atoms with Crippen molar-refractivity contribution in [2.24, 2.45) is 0 Å². The molecule has 0 fully saturated rings. The molecule has 0 aromatic rings. The maximum absolute atomic E-state index is 10.2. The van der Waals surface area contributed by atoms with Crippen LogP contribution in [-0.4, -0.2) is 45.8 Å². The highest BCUT2D eigenvalue weighted by Gasteiger charge is 2.33. The predicted molar refractivity (Wildman–Crippen MR) is 38.8 cm³/mol. The second kappa shape index (κ2) is 4.74. The molecule has 0 aliphatic carbocycles. The second-order valence-electron chi connectivity index (χ2n) is 1.94. The van der Waals surface area contributed by atoms with E-state index in [2.05, 4.69) is 0 Å². The number of carbonyl (C=O) groups is 2. The molecule has 0 amide bonds. The van der Waals surface area contributed by atoms with Crippen molar-refractivity contribution in [2.75, 3.05) is 0 Å². The molecule has 0 radical (unpaired) electrons. The number of carboxylic acid groups (broad SMARTS) is 2. The smallest absolute Gasteiger partial charge is 0.325 e. The zero-order chi connectivity index (χ0) is 9.94. The third-order valence-electron chi connectivity index (χ3n) is 0.995. The molecule has 0 heterocycles. The lowest BCUT2D eigenvalue weighted by Gasteiger charge is -2.04. The summed E-state index contributed by atoms with van der Waals surface area (Å²) in [5.74, 6) is -3.50. The minimum Gasteiger partial charge on any atom is -0.481 e. The van der Waals surface area contributed by atoms with Gasteiger partial charge in [0.15, 0.2) is 5.25 Å². The van der Waals surface area contributed by atoms with Crippen LogP contribution in [-0.2, 0) is 19.7 Å². The molecule has 78 valence electrons. The van der Waals surface area contributed by atoms with E-state index in [1.165, 1.54) is 0 Å². The summed E-state index contributed by atoms with van der Waals surface area (Å²) < 4.78 is 28.7. The molecule has 0 rings (SSSR count). The molecule has 0 aliphatic rings. The van der Waals surface area contributed by atoms with Crippen LogP contribution in [0, 0.1) is 0 Å². The van der Waals surface area contributed by atoms with Gasteiger partial charge in [-0.1, -0.05) is 0 Å². The Kier molecular flexibility index (Phi) is 5.23. The zero-order valence-electron chi connectivity index (χ0n) is 6.17. The quantitative estimate of drug-likeness (QED) is 0.457. The van der Waals surface area contributed by atoms with Gasteiger partial charge < -0.3 is 15.7 Å². The fourth-order valence-electron chi connectivity index (χ4n) is 0.479. The normalized spacial score (nSPS) is 12.7. The molecule has 5 N–H and O–H groups in total. The van der Waals surface area contributed by atoms with E-state index in [0.29, 0.717) is 0 Å².